The van der Waals surface area contributed by atoms with Gasteiger partial charge in [-0.2, -0.15) is 0 Å². The van der Waals surface area contributed by atoms with Gasteiger partial charge in [0.25, 0.3) is 0 Å². The molecule has 7 nitrogen and oxygen atoms in total. The quantitative estimate of drug-likeness (QED) is 0.400. The van der Waals surface area contributed by atoms with Gasteiger partial charge < -0.3 is 15.0 Å². The summed E-state index contributed by atoms with van der Waals surface area (Å²) in [6, 6.07) is 18.0. The van der Waals surface area contributed by atoms with E-state index >= 15 is 0 Å². The van der Waals surface area contributed by atoms with Crippen molar-refractivity contribution in [3.8, 4) is 28.5 Å². The van der Waals surface area contributed by atoms with Gasteiger partial charge in [0.15, 0.2) is 5.82 Å². The second-order valence-electron chi connectivity index (χ2n) is 7.45. The van der Waals surface area contributed by atoms with Crippen LogP contribution in [0.5, 0.6) is 5.75 Å². The van der Waals surface area contributed by atoms with Crippen molar-refractivity contribution in [2.45, 2.75) is 13.5 Å². The highest BCUT2D eigenvalue weighted by molar-refractivity contribution is 5.83. The Morgan fingerprint density at radius 3 is 2.72 bits per heavy atom. The number of aromatic amines is 1. The third kappa shape index (κ3) is 4.00. The number of ether oxygens (including phenoxy) is 1. The number of hydrogen-bond donors (Lipinski definition) is 2. The Labute approximate surface area is 185 Å². The van der Waals surface area contributed by atoms with Gasteiger partial charge in [0.05, 0.1) is 19.0 Å². The van der Waals surface area contributed by atoms with E-state index in [1.165, 1.54) is 10.9 Å². The van der Waals surface area contributed by atoms with Crippen LogP contribution in [0.4, 0.5) is 5.82 Å². The van der Waals surface area contributed by atoms with Gasteiger partial charge in [-0.15, -0.1) is 0 Å². The van der Waals surface area contributed by atoms with Crippen LogP contribution in [0.3, 0.4) is 0 Å². The molecule has 158 valence electrons. The number of aromatic nitrogens is 5. The lowest BCUT2D eigenvalue weighted by Gasteiger charge is -2.11. The zero-order valence-corrected chi connectivity index (χ0v) is 17.8. The van der Waals surface area contributed by atoms with Gasteiger partial charge in [0.1, 0.15) is 17.3 Å². The topological polar surface area (TPSA) is 88.6 Å². The highest BCUT2D eigenvalue weighted by Gasteiger charge is 2.12. The normalized spacial score (nSPS) is 10.9. The van der Waals surface area contributed by atoms with Crippen molar-refractivity contribution in [1.82, 2.24) is 24.9 Å². The Morgan fingerprint density at radius 1 is 0.938 bits per heavy atom. The molecule has 0 aliphatic carbocycles. The zero-order chi connectivity index (χ0) is 21.9. The maximum Gasteiger partial charge on any atom is 0.180 e. The molecule has 0 aliphatic heterocycles. The maximum atomic E-state index is 5.34. The van der Waals surface area contributed by atoms with Crippen LogP contribution in [0.2, 0.25) is 0 Å². The minimum Gasteiger partial charge on any atom is -0.495 e. The summed E-state index contributed by atoms with van der Waals surface area (Å²) in [7, 11) is 1.62. The molecule has 0 atom stereocenters. The number of nitrogens with one attached hydrogen (secondary N) is 2. The zero-order valence-electron chi connectivity index (χ0n) is 17.8. The first-order valence-electron chi connectivity index (χ1n) is 10.3. The number of anilines is 1. The minimum atomic E-state index is 0.552. The summed E-state index contributed by atoms with van der Waals surface area (Å²) in [6.07, 6.45) is 5.39. The molecule has 5 aromatic rings. The lowest BCUT2D eigenvalue weighted by Crippen LogP contribution is -2.05. The molecule has 0 unspecified atom stereocenters. The van der Waals surface area contributed by atoms with E-state index < -0.39 is 0 Å². The van der Waals surface area contributed by atoms with Gasteiger partial charge in [0.2, 0.25) is 0 Å². The molecule has 32 heavy (non-hydrogen) atoms. The summed E-state index contributed by atoms with van der Waals surface area (Å²) < 4.78 is 5.34. The summed E-state index contributed by atoms with van der Waals surface area (Å²) in [5.41, 5.74) is 5.51. The number of hydrogen-bond acceptors (Lipinski definition) is 6. The summed E-state index contributed by atoms with van der Waals surface area (Å²) in [6.45, 7) is 2.58. The van der Waals surface area contributed by atoms with Crippen LogP contribution in [0.25, 0.3) is 33.7 Å². The second kappa shape index (κ2) is 8.47. The molecule has 0 bridgehead atoms. The monoisotopic (exact) mass is 422 g/mol. The lowest BCUT2D eigenvalue weighted by molar-refractivity contribution is 0.413. The van der Waals surface area contributed by atoms with Crippen molar-refractivity contribution >= 4 is 16.7 Å². The SMILES string of the molecule is COc1cncc(-c2cc(NCc3cccc4[nH]ccc34)nc(-c3cccc(C)n3)n2)c1. The van der Waals surface area contributed by atoms with E-state index in [9.17, 15) is 0 Å². The maximum absolute atomic E-state index is 5.34. The van der Waals surface area contributed by atoms with Crippen molar-refractivity contribution in [2.24, 2.45) is 0 Å². The fourth-order valence-electron chi connectivity index (χ4n) is 3.63. The minimum absolute atomic E-state index is 0.552. The number of aryl methyl sites for hydroxylation is 1. The van der Waals surface area contributed by atoms with E-state index in [-0.39, 0.29) is 0 Å². The Balaban J connectivity index is 1.54. The standard InChI is InChI=1S/C25H22N6O/c1-16-5-3-8-22(29-16)25-30-23(18-11-19(32-2)15-26-13-18)12-24(31-25)28-14-17-6-4-7-21-20(17)9-10-27-21/h3-13,15,27H,14H2,1-2H3,(H,28,30,31). The first-order valence-corrected chi connectivity index (χ1v) is 10.3. The number of benzene rings is 1. The van der Waals surface area contributed by atoms with Crippen molar-refractivity contribution in [3.63, 3.8) is 0 Å². The largest absolute Gasteiger partial charge is 0.495 e. The molecule has 0 saturated carbocycles. The van der Waals surface area contributed by atoms with E-state index in [4.69, 9.17) is 14.7 Å². The Morgan fingerprint density at radius 2 is 1.84 bits per heavy atom. The van der Waals surface area contributed by atoms with Crippen LogP contribution in [-0.4, -0.2) is 32.0 Å². The Hall–Kier alpha value is -4.26. The van der Waals surface area contributed by atoms with Gasteiger partial charge in [-0.05, 0) is 42.8 Å². The molecular weight excluding hydrogens is 400 g/mol. The van der Waals surface area contributed by atoms with Gasteiger partial charge >= 0.3 is 0 Å². The van der Waals surface area contributed by atoms with E-state index in [2.05, 4.69) is 38.5 Å². The van der Waals surface area contributed by atoms with Crippen LogP contribution in [0.1, 0.15) is 11.3 Å². The van der Waals surface area contributed by atoms with Crippen molar-refractivity contribution in [3.05, 3.63) is 84.4 Å². The van der Waals surface area contributed by atoms with Crippen molar-refractivity contribution in [1.29, 1.82) is 0 Å². The van der Waals surface area contributed by atoms with Crippen molar-refractivity contribution in [2.75, 3.05) is 12.4 Å². The molecule has 4 aromatic heterocycles. The van der Waals surface area contributed by atoms with Crippen LogP contribution in [0, 0.1) is 6.92 Å². The van der Waals surface area contributed by atoms with Gasteiger partial charge in [-0.25, -0.2) is 15.0 Å². The Bertz CT molecular complexity index is 1390. The molecule has 7 heteroatoms. The second-order valence-corrected chi connectivity index (χ2v) is 7.45. The molecule has 4 heterocycles. The fourth-order valence-corrected chi connectivity index (χ4v) is 3.63. The number of pyridine rings is 2. The third-order valence-electron chi connectivity index (χ3n) is 5.23. The van der Waals surface area contributed by atoms with Crippen LogP contribution in [-0.2, 0) is 6.54 Å². The summed E-state index contributed by atoms with van der Waals surface area (Å²) in [4.78, 5) is 21.7. The molecule has 0 fully saturated rings. The van der Waals surface area contributed by atoms with E-state index in [1.54, 1.807) is 19.5 Å². The third-order valence-corrected chi connectivity index (χ3v) is 5.23. The molecule has 0 aliphatic rings. The summed E-state index contributed by atoms with van der Waals surface area (Å²) in [5, 5.41) is 4.65. The highest BCUT2D eigenvalue weighted by Crippen LogP contribution is 2.26. The number of rotatable bonds is 6. The number of H-pyrrole nitrogens is 1. The number of fused-ring (bicyclic) bond motifs is 1. The first kappa shape index (κ1) is 19.7. The van der Waals surface area contributed by atoms with Crippen LogP contribution in [0.15, 0.2) is 73.2 Å². The molecule has 0 saturated heterocycles. The van der Waals surface area contributed by atoms with E-state index in [0.29, 0.717) is 23.9 Å². The summed E-state index contributed by atoms with van der Waals surface area (Å²) in [5.74, 6) is 1.94. The molecular formula is C25H22N6O. The molecule has 5 rings (SSSR count). The van der Waals surface area contributed by atoms with E-state index in [0.717, 1.165) is 28.2 Å². The molecule has 0 amide bonds. The Kier molecular flexibility index (Phi) is 5.21. The summed E-state index contributed by atoms with van der Waals surface area (Å²) >= 11 is 0. The number of nitrogens with zero attached hydrogens (tertiary/aromatic N) is 4. The van der Waals surface area contributed by atoms with Crippen LogP contribution >= 0.6 is 0 Å². The predicted octanol–water partition coefficient (Wildman–Crippen LogP) is 5.01. The molecule has 0 radical (unpaired) electrons. The van der Waals surface area contributed by atoms with Gasteiger partial charge in [-0.3, -0.25) is 4.98 Å². The fraction of sp³-hybridized carbons (Fsp3) is 0.120. The molecule has 0 spiro atoms. The average Bonchev–Trinajstić information content (AvgIpc) is 3.32. The smallest absolute Gasteiger partial charge is 0.180 e. The lowest BCUT2D eigenvalue weighted by atomic mass is 10.1. The van der Waals surface area contributed by atoms with Crippen molar-refractivity contribution < 1.29 is 4.74 Å². The predicted molar refractivity (Wildman–Crippen MR) is 125 cm³/mol. The molecule has 2 N–H and O–H groups in total. The van der Waals surface area contributed by atoms with Gasteiger partial charge in [-0.1, -0.05) is 18.2 Å². The van der Waals surface area contributed by atoms with Crippen LogP contribution < -0.4 is 10.1 Å². The van der Waals surface area contributed by atoms with E-state index in [1.807, 2.05) is 49.5 Å². The number of methoxy groups -OCH3 is 1. The first-order chi connectivity index (χ1) is 15.7. The van der Waals surface area contributed by atoms with Gasteiger partial charge in [0, 0.05) is 47.2 Å². The molecule has 1 aromatic carbocycles. The average molecular weight is 422 g/mol. The highest BCUT2D eigenvalue weighted by atomic mass is 16.5.